The first kappa shape index (κ1) is 23.0. The lowest BCUT2D eigenvalue weighted by molar-refractivity contribution is -0.118. The number of hydrogen-bond acceptors (Lipinski definition) is 3. The van der Waals surface area contributed by atoms with Gasteiger partial charge < -0.3 is 4.90 Å². The van der Waals surface area contributed by atoms with E-state index < -0.39 is 10.0 Å². The second-order valence-corrected chi connectivity index (χ2v) is 11.0. The number of anilines is 1. The van der Waals surface area contributed by atoms with Crippen LogP contribution in [-0.2, 0) is 27.8 Å². The minimum absolute atomic E-state index is 0.102. The van der Waals surface area contributed by atoms with Crippen molar-refractivity contribution in [2.45, 2.75) is 24.8 Å². The van der Waals surface area contributed by atoms with E-state index in [0.717, 1.165) is 33.3 Å². The van der Waals surface area contributed by atoms with Gasteiger partial charge in [0.15, 0.2) is 0 Å². The second kappa shape index (κ2) is 9.35. The third-order valence-corrected chi connectivity index (χ3v) is 8.16. The van der Waals surface area contributed by atoms with Crippen molar-refractivity contribution in [2.24, 2.45) is 0 Å². The summed E-state index contributed by atoms with van der Waals surface area (Å²) in [5, 5.41) is 0.449. The average Bonchev–Trinajstić information content (AvgIpc) is 3.18. The zero-order valence-electron chi connectivity index (χ0n) is 17.5. The third-order valence-electron chi connectivity index (χ3n) is 5.61. The zero-order valence-corrected chi connectivity index (χ0v) is 20.6. The van der Waals surface area contributed by atoms with Crippen LogP contribution in [0.15, 0.2) is 76.1 Å². The van der Waals surface area contributed by atoms with E-state index in [1.165, 1.54) is 28.6 Å². The van der Waals surface area contributed by atoms with Crippen LogP contribution in [0.3, 0.4) is 0 Å². The Morgan fingerprint density at radius 1 is 1.09 bits per heavy atom. The molecule has 0 atom stereocenters. The Labute approximate surface area is 201 Å². The van der Waals surface area contributed by atoms with Crippen molar-refractivity contribution >= 4 is 49.1 Å². The number of aryl methyl sites for hydroxylation is 1. The van der Waals surface area contributed by atoms with Crippen molar-refractivity contribution in [2.75, 3.05) is 18.0 Å². The Morgan fingerprint density at radius 2 is 1.81 bits per heavy atom. The molecule has 166 valence electrons. The molecule has 32 heavy (non-hydrogen) atoms. The fraction of sp³-hybridized carbons (Fsp3) is 0.208. The van der Waals surface area contributed by atoms with Gasteiger partial charge in [0.05, 0.1) is 11.4 Å². The molecule has 0 fully saturated rings. The molecule has 4 rings (SSSR count). The molecular formula is C24H22BrClN2O3S. The molecule has 0 N–H and O–H groups in total. The van der Waals surface area contributed by atoms with Crippen molar-refractivity contribution in [1.82, 2.24) is 4.31 Å². The molecule has 5 nitrogen and oxygen atoms in total. The van der Waals surface area contributed by atoms with Gasteiger partial charge in [0.1, 0.15) is 0 Å². The van der Waals surface area contributed by atoms with Crippen LogP contribution < -0.4 is 4.90 Å². The molecular weight excluding hydrogens is 512 g/mol. The predicted octanol–water partition coefficient (Wildman–Crippen LogP) is 5.19. The Morgan fingerprint density at radius 3 is 2.53 bits per heavy atom. The number of rotatable bonds is 6. The van der Waals surface area contributed by atoms with Crippen molar-refractivity contribution in [3.63, 3.8) is 0 Å². The molecule has 0 unspecified atom stereocenters. The van der Waals surface area contributed by atoms with E-state index in [1.807, 2.05) is 49.4 Å². The number of sulfonamides is 1. The quantitative estimate of drug-likeness (QED) is 0.438. The summed E-state index contributed by atoms with van der Waals surface area (Å²) in [6, 6.07) is 19.4. The Hall–Kier alpha value is -2.19. The summed E-state index contributed by atoms with van der Waals surface area (Å²) in [5.41, 5.74) is 3.72. The lowest BCUT2D eigenvalue weighted by atomic mass is 10.1. The molecule has 1 aliphatic heterocycles. The van der Waals surface area contributed by atoms with Gasteiger partial charge in [-0.15, -0.1) is 0 Å². The molecule has 1 aliphatic rings. The fourth-order valence-electron chi connectivity index (χ4n) is 3.82. The number of nitrogens with zero attached hydrogens (tertiary/aromatic N) is 2. The molecule has 8 heteroatoms. The molecule has 0 spiro atoms. The molecule has 1 amide bonds. The van der Waals surface area contributed by atoms with Gasteiger partial charge in [-0.3, -0.25) is 4.79 Å². The van der Waals surface area contributed by atoms with Crippen LogP contribution in [0, 0.1) is 6.92 Å². The van der Waals surface area contributed by atoms with Gasteiger partial charge in [0.2, 0.25) is 15.9 Å². The van der Waals surface area contributed by atoms with Gasteiger partial charge in [-0.05, 0) is 72.5 Å². The standard InChI is InChI=1S/C24H22BrClN2O3S/c1-17-4-2-3-5-19(17)15-27(32(30,31)22-9-7-21(26)8-10-22)16-24(29)28-13-12-18-14-20(25)6-11-23(18)28/h2-11,14H,12-13,15-16H2,1H3. The van der Waals surface area contributed by atoms with Gasteiger partial charge >= 0.3 is 0 Å². The molecule has 0 radical (unpaired) electrons. The molecule has 0 saturated heterocycles. The number of amides is 1. The van der Waals surface area contributed by atoms with Crippen LogP contribution >= 0.6 is 27.5 Å². The van der Waals surface area contributed by atoms with Gasteiger partial charge in [0.25, 0.3) is 0 Å². The summed E-state index contributed by atoms with van der Waals surface area (Å²) in [6.45, 7) is 2.31. The molecule has 0 aliphatic carbocycles. The summed E-state index contributed by atoms with van der Waals surface area (Å²) in [6.07, 6.45) is 0.738. The van der Waals surface area contributed by atoms with E-state index >= 15 is 0 Å². The maximum absolute atomic E-state index is 13.5. The van der Waals surface area contributed by atoms with Crippen LogP contribution in [0.4, 0.5) is 5.69 Å². The lowest BCUT2D eigenvalue weighted by Gasteiger charge is -2.26. The van der Waals surface area contributed by atoms with E-state index in [2.05, 4.69) is 15.9 Å². The Bertz CT molecular complexity index is 1260. The number of fused-ring (bicyclic) bond motifs is 1. The third kappa shape index (κ3) is 4.76. The number of hydrogen-bond donors (Lipinski definition) is 0. The SMILES string of the molecule is Cc1ccccc1CN(CC(=O)N1CCc2cc(Br)ccc21)S(=O)(=O)c1ccc(Cl)cc1. The van der Waals surface area contributed by atoms with E-state index in [-0.39, 0.29) is 23.9 Å². The summed E-state index contributed by atoms with van der Waals surface area (Å²) >= 11 is 9.41. The van der Waals surface area contributed by atoms with Gasteiger partial charge in [-0.2, -0.15) is 4.31 Å². The Kier molecular flexibility index (Phi) is 6.72. The maximum atomic E-state index is 13.5. The smallest absolute Gasteiger partial charge is 0.243 e. The minimum Gasteiger partial charge on any atom is -0.311 e. The number of carbonyl (C=O) groups is 1. The van der Waals surface area contributed by atoms with E-state index in [0.29, 0.717) is 11.6 Å². The summed E-state index contributed by atoms with van der Waals surface area (Å²) < 4.78 is 29.2. The fourth-order valence-corrected chi connectivity index (χ4v) is 5.73. The molecule has 1 heterocycles. The largest absolute Gasteiger partial charge is 0.311 e. The second-order valence-electron chi connectivity index (χ2n) is 7.72. The van der Waals surface area contributed by atoms with Crippen LogP contribution in [0.5, 0.6) is 0 Å². The first-order valence-electron chi connectivity index (χ1n) is 10.1. The number of halogens is 2. The first-order chi connectivity index (χ1) is 15.3. The van der Waals surface area contributed by atoms with Gasteiger partial charge in [-0.25, -0.2) is 8.42 Å². The highest BCUT2D eigenvalue weighted by atomic mass is 79.9. The zero-order chi connectivity index (χ0) is 22.9. The van der Waals surface area contributed by atoms with Crippen LogP contribution in [0.2, 0.25) is 5.02 Å². The molecule has 0 aromatic heterocycles. The van der Waals surface area contributed by atoms with Crippen molar-refractivity contribution < 1.29 is 13.2 Å². The highest BCUT2D eigenvalue weighted by Crippen LogP contribution is 2.31. The van der Waals surface area contributed by atoms with Crippen LogP contribution in [-0.4, -0.2) is 31.7 Å². The summed E-state index contributed by atoms with van der Waals surface area (Å²) in [7, 11) is -3.92. The predicted molar refractivity (Wildman–Crippen MR) is 130 cm³/mol. The monoisotopic (exact) mass is 532 g/mol. The van der Waals surface area contributed by atoms with Gasteiger partial charge in [-0.1, -0.05) is 51.8 Å². The van der Waals surface area contributed by atoms with Crippen LogP contribution in [0.1, 0.15) is 16.7 Å². The first-order valence-corrected chi connectivity index (χ1v) is 12.8. The summed E-state index contributed by atoms with van der Waals surface area (Å²) in [4.78, 5) is 15.1. The highest BCUT2D eigenvalue weighted by Gasteiger charge is 2.31. The molecule has 0 saturated carbocycles. The normalized spacial score (nSPS) is 13.4. The summed E-state index contributed by atoms with van der Waals surface area (Å²) in [5.74, 6) is -0.253. The van der Waals surface area contributed by atoms with E-state index in [1.54, 1.807) is 4.90 Å². The van der Waals surface area contributed by atoms with Crippen molar-refractivity contribution in [3.8, 4) is 0 Å². The number of carbonyl (C=O) groups excluding carboxylic acids is 1. The van der Waals surface area contributed by atoms with Crippen molar-refractivity contribution in [3.05, 3.63) is 92.9 Å². The van der Waals surface area contributed by atoms with Crippen LogP contribution in [0.25, 0.3) is 0 Å². The lowest BCUT2D eigenvalue weighted by Crippen LogP contribution is -2.42. The highest BCUT2D eigenvalue weighted by molar-refractivity contribution is 9.10. The molecule has 0 bridgehead atoms. The minimum atomic E-state index is -3.92. The molecule has 3 aromatic carbocycles. The van der Waals surface area contributed by atoms with Crippen molar-refractivity contribution in [1.29, 1.82) is 0 Å². The average molecular weight is 534 g/mol. The number of benzene rings is 3. The Balaban J connectivity index is 1.66. The topological polar surface area (TPSA) is 57.7 Å². The van der Waals surface area contributed by atoms with E-state index in [9.17, 15) is 13.2 Å². The maximum Gasteiger partial charge on any atom is 0.243 e. The molecule has 3 aromatic rings. The van der Waals surface area contributed by atoms with Gasteiger partial charge in [0, 0.05) is 28.3 Å². The van der Waals surface area contributed by atoms with E-state index in [4.69, 9.17) is 11.6 Å².